The van der Waals surface area contributed by atoms with Crippen molar-refractivity contribution >= 4 is 11.9 Å². The van der Waals surface area contributed by atoms with Crippen molar-refractivity contribution in [2.75, 3.05) is 46.4 Å². The van der Waals surface area contributed by atoms with E-state index in [0.29, 0.717) is 32.1 Å². The van der Waals surface area contributed by atoms with Gasteiger partial charge in [0.25, 0.3) is 0 Å². The lowest BCUT2D eigenvalue weighted by Crippen LogP contribution is -2.50. The van der Waals surface area contributed by atoms with E-state index in [0.717, 1.165) is 26.1 Å². The first-order valence-electron chi connectivity index (χ1n) is 7.99. The normalized spacial score (nSPS) is 23.9. The number of piperazine rings is 1. The largest absolute Gasteiger partial charge is 0.468 e. The van der Waals surface area contributed by atoms with E-state index in [2.05, 4.69) is 10.1 Å². The summed E-state index contributed by atoms with van der Waals surface area (Å²) in [6.45, 7) is 4.35. The second-order valence-electron chi connectivity index (χ2n) is 5.92. The van der Waals surface area contributed by atoms with E-state index >= 15 is 0 Å². The van der Waals surface area contributed by atoms with Crippen molar-refractivity contribution in [3.05, 3.63) is 0 Å². The Hall–Kier alpha value is -1.14. The number of nitrogens with one attached hydrogen (secondary N) is 1. The van der Waals surface area contributed by atoms with Crippen LogP contribution in [0.4, 0.5) is 0 Å². The molecule has 2 fully saturated rings. The van der Waals surface area contributed by atoms with Gasteiger partial charge in [-0.25, -0.2) is 0 Å². The summed E-state index contributed by atoms with van der Waals surface area (Å²) in [5.41, 5.74) is 0. The molecule has 1 amide bonds. The van der Waals surface area contributed by atoms with Gasteiger partial charge in [0.15, 0.2) is 0 Å². The fraction of sp³-hybridized carbons (Fsp3) is 0.867. The SMILES string of the molecule is COC(=O)CN1CCN(C(=O)CCC2CCCCN2)CC1. The molecule has 1 N–H and O–H groups in total. The van der Waals surface area contributed by atoms with Gasteiger partial charge in [-0.05, 0) is 25.8 Å². The average Bonchev–Trinajstić information content (AvgIpc) is 2.54. The van der Waals surface area contributed by atoms with Gasteiger partial charge >= 0.3 is 5.97 Å². The number of amides is 1. The van der Waals surface area contributed by atoms with Crippen molar-refractivity contribution < 1.29 is 14.3 Å². The molecule has 0 aromatic rings. The molecule has 0 aliphatic carbocycles. The van der Waals surface area contributed by atoms with Crippen molar-refractivity contribution in [1.29, 1.82) is 0 Å². The van der Waals surface area contributed by atoms with Gasteiger partial charge in [-0.3, -0.25) is 14.5 Å². The van der Waals surface area contributed by atoms with E-state index in [9.17, 15) is 9.59 Å². The molecule has 6 nitrogen and oxygen atoms in total. The Morgan fingerprint density at radius 2 is 1.95 bits per heavy atom. The number of methoxy groups -OCH3 is 1. The van der Waals surface area contributed by atoms with Crippen LogP contribution < -0.4 is 5.32 Å². The fourth-order valence-corrected chi connectivity index (χ4v) is 3.03. The zero-order chi connectivity index (χ0) is 15.1. The lowest BCUT2D eigenvalue weighted by atomic mass is 10.0. The van der Waals surface area contributed by atoms with E-state index in [1.54, 1.807) is 0 Å². The Labute approximate surface area is 126 Å². The summed E-state index contributed by atoms with van der Waals surface area (Å²) in [6.07, 6.45) is 5.31. The summed E-state index contributed by atoms with van der Waals surface area (Å²) >= 11 is 0. The van der Waals surface area contributed by atoms with Gasteiger partial charge in [-0.2, -0.15) is 0 Å². The summed E-state index contributed by atoms with van der Waals surface area (Å²) in [7, 11) is 1.40. The van der Waals surface area contributed by atoms with Crippen molar-refractivity contribution in [3.63, 3.8) is 0 Å². The predicted molar refractivity (Wildman–Crippen MR) is 79.9 cm³/mol. The van der Waals surface area contributed by atoms with Crippen LogP contribution >= 0.6 is 0 Å². The third kappa shape index (κ3) is 5.28. The monoisotopic (exact) mass is 297 g/mol. The topological polar surface area (TPSA) is 61.9 Å². The van der Waals surface area contributed by atoms with E-state index in [1.165, 1.54) is 26.4 Å². The molecule has 0 spiro atoms. The lowest BCUT2D eigenvalue weighted by Gasteiger charge is -2.34. The highest BCUT2D eigenvalue weighted by Gasteiger charge is 2.23. The quantitative estimate of drug-likeness (QED) is 0.736. The molecule has 1 atom stereocenters. The van der Waals surface area contributed by atoms with Gasteiger partial charge in [0.05, 0.1) is 13.7 Å². The molecule has 2 aliphatic rings. The predicted octanol–water partition coefficient (Wildman–Crippen LogP) is 0.226. The number of ether oxygens (including phenoxy) is 1. The molecular formula is C15H27N3O3. The summed E-state index contributed by atoms with van der Waals surface area (Å²) in [5.74, 6) is 0.0400. The highest BCUT2D eigenvalue weighted by atomic mass is 16.5. The lowest BCUT2D eigenvalue weighted by molar-refractivity contribution is -0.142. The Morgan fingerprint density at radius 3 is 2.57 bits per heavy atom. The first kappa shape index (κ1) is 16.2. The van der Waals surface area contributed by atoms with Crippen LogP contribution in [0.5, 0.6) is 0 Å². The second kappa shape index (κ2) is 8.34. The molecule has 2 heterocycles. The molecule has 1 unspecified atom stereocenters. The van der Waals surface area contributed by atoms with E-state index < -0.39 is 0 Å². The van der Waals surface area contributed by atoms with Crippen molar-refractivity contribution in [2.45, 2.75) is 38.1 Å². The van der Waals surface area contributed by atoms with E-state index in [1.807, 2.05) is 9.80 Å². The zero-order valence-corrected chi connectivity index (χ0v) is 13.0. The summed E-state index contributed by atoms with van der Waals surface area (Å²) in [5, 5.41) is 3.48. The molecular weight excluding hydrogens is 270 g/mol. The molecule has 2 saturated heterocycles. The standard InChI is InChI=1S/C15H27N3O3/c1-21-15(20)12-17-8-10-18(11-9-17)14(19)6-5-13-4-2-3-7-16-13/h13,16H,2-12H2,1H3. The van der Waals surface area contributed by atoms with Crippen LogP contribution in [0.2, 0.25) is 0 Å². The van der Waals surface area contributed by atoms with Crippen LogP contribution in [0.1, 0.15) is 32.1 Å². The summed E-state index contributed by atoms with van der Waals surface area (Å²) < 4.78 is 4.66. The van der Waals surface area contributed by atoms with Crippen LogP contribution in [-0.4, -0.2) is 74.1 Å². The zero-order valence-electron chi connectivity index (χ0n) is 13.0. The molecule has 2 rings (SSSR count). The third-order valence-corrected chi connectivity index (χ3v) is 4.42. The maximum absolute atomic E-state index is 12.2. The number of rotatable bonds is 5. The van der Waals surface area contributed by atoms with E-state index in [-0.39, 0.29) is 11.9 Å². The minimum atomic E-state index is -0.210. The Bertz CT molecular complexity index is 348. The Balaban J connectivity index is 1.64. The fourth-order valence-electron chi connectivity index (χ4n) is 3.03. The second-order valence-corrected chi connectivity index (χ2v) is 5.92. The number of hydrogen-bond acceptors (Lipinski definition) is 5. The highest BCUT2D eigenvalue weighted by Crippen LogP contribution is 2.13. The number of carbonyl (C=O) groups excluding carboxylic acids is 2. The number of carbonyl (C=O) groups is 2. The summed E-state index contributed by atoms with van der Waals surface area (Å²) in [6, 6.07) is 0.517. The van der Waals surface area contributed by atoms with Crippen LogP contribution in [0.3, 0.4) is 0 Å². The molecule has 21 heavy (non-hydrogen) atoms. The van der Waals surface area contributed by atoms with Crippen LogP contribution in [-0.2, 0) is 14.3 Å². The molecule has 0 saturated carbocycles. The third-order valence-electron chi connectivity index (χ3n) is 4.42. The van der Waals surface area contributed by atoms with Gasteiger partial charge in [0.1, 0.15) is 0 Å². The average molecular weight is 297 g/mol. The molecule has 120 valence electrons. The smallest absolute Gasteiger partial charge is 0.319 e. The van der Waals surface area contributed by atoms with E-state index in [4.69, 9.17) is 0 Å². The minimum Gasteiger partial charge on any atom is -0.468 e. The molecule has 6 heteroatoms. The number of nitrogens with zero attached hydrogens (tertiary/aromatic N) is 2. The number of piperidine rings is 1. The molecule has 0 aromatic heterocycles. The molecule has 0 bridgehead atoms. The Kier molecular flexibility index (Phi) is 6.45. The minimum absolute atomic E-state index is 0.210. The number of esters is 1. The molecule has 0 radical (unpaired) electrons. The van der Waals surface area contributed by atoms with Gasteiger partial charge in [0.2, 0.25) is 5.91 Å². The van der Waals surface area contributed by atoms with Crippen molar-refractivity contribution in [1.82, 2.24) is 15.1 Å². The maximum Gasteiger partial charge on any atom is 0.319 e. The van der Waals surface area contributed by atoms with Crippen LogP contribution in [0.25, 0.3) is 0 Å². The molecule has 0 aromatic carbocycles. The van der Waals surface area contributed by atoms with Gasteiger partial charge in [0, 0.05) is 38.6 Å². The molecule has 2 aliphatic heterocycles. The first-order valence-corrected chi connectivity index (χ1v) is 7.99. The van der Waals surface area contributed by atoms with Crippen LogP contribution in [0, 0.1) is 0 Å². The van der Waals surface area contributed by atoms with Gasteiger partial charge in [-0.1, -0.05) is 6.42 Å². The first-order chi connectivity index (χ1) is 10.2. The highest BCUT2D eigenvalue weighted by molar-refractivity contribution is 5.76. The number of hydrogen-bond donors (Lipinski definition) is 1. The van der Waals surface area contributed by atoms with Crippen LogP contribution in [0.15, 0.2) is 0 Å². The summed E-state index contributed by atoms with van der Waals surface area (Å²) in [4.78, 5) is 27.4. The Morgan fingerprint density at radius 1 is 1.19 bits per heavy atom. The van der Waals surface area contributed by atoms with Gasteiger partial charge in [-0.15, -0.1) is 0 Å². The maximum atomic E-state index is 12.2. The van der Waals surface area contributed by atoms with Crippen molar-refractivity contribution in [3.8, 4) is 0 Å². The van der Waals surface area contributed by atoms with Gasteiger partial charge < -0.3 is 15.0 Å². The van der Waals surface area contributed by atoms with Crippen molar-refractivity contribution in [2.24, 2.45) is 0 Å².